The van der Waals surface area contributed by atoms with Crippen LogP contribution in [0.3, 0.4) is 0 Å². The minimum Gasteiger partial charge on any atom is -0.462 e. The third kappa shape index (κ3) is 7.45. The lowest BCUT2D eigenvalue weighted by Gasteiger charge is -2.36. The lowest BCUT2D eigenvalue weighted by molar-refractivity contribution is 0.00688. The Morgan fingerprint density at radius 1 is 0.867 bits per heavy atom. The van der Waals surface area contributed by atoms with Gasteiger partial charge < -0.3 is 9.47 Å². The Bertz CT molecular complexity index is 702. The fourth-order valence-corrected chi connectivity index (χ4v) is 3.94. The average Bonchev–Trinajstić information content (AvgIpc) is 2.65. The Hall–Kier alpha value is -1.84. The van der Waals surface area contributed by atoms with Gasteiger partial charge in [-0.3, -0.25) is 0 Å². The van der Waals surface area contributed by atoms with Gasteiger partial charge in [0.2, 0.25) is 0 Å². The number of carbonyl (C=O) groups excluding carboxylic acids is 2. The van der Waals surface area contributed by atoms with Crippen LogP contribution in [0.1, 0.15) is 101 Å². The van der Waals surface area contributed by atoms with Crippen molar-refractivity contribution < 1.29 is 19.1 Å². The first-order chi connectivity index (χ1) is 13.9. The number of hydrogen-bond acceptors (Lipinski definition) is 4. The van der Waals surface area contributed by atoms with Crippen LogP contribution >= 0.6 is 0 Å². The Labute approximate surface area is 182 Å². The molecule has 1 aliphatic carbocycles. The molecular weight excluding hydrogens is 376 g/mol. The molecule has 0 atom stereocenters. The molecule has 30 heavy (non-hydrogen) atoms. The third-order valence-corrected chi connectivity index (χ3v) is 6.55. The van der Waals surface area contributed by atoms with Gasteiger partial charge >= 0.3 is 11.9 Å². The van der Waals surface area contributed by atoms with Gasteiger partial charge in [0.15, 0.2) is 0 Å². The second-order valence-corrected chi connectivity index (χ2v) is 10.9. The highest BCUT2D eigenvalue weighted by atomic mass is 16.6. The number of carbonyl (C=O) groups is 2. The van der Waals surface area contributed by atoms with E-state index in [0.717, 1.165) is 18.8 Å². The fourth-order valence-electron chi connectivity index (χ4n) is 3.94. The van der Waals surface area contributed by atoms with Crippen LogP contribution in [0.2, 0.25) is 0 Å². The molecule has 1 fully saturated rings. The van der Waals surface area contributed by atoms with E-state index in [0.29, 0.717) is 35.0 Å². The topological polar surface area (TPSA) is 52.6 Å². The van der Waals surface area contributed by atoms with Crippen molar-refractivity contribution in [2.45, 2.75) is 86.2 Å². The van der Waals surface area contributed by atoms with Crippen molar-refractivity contribution >= 4 is 11.9 Å². The lowest BCUT2D eigenvalue weighted by atomic mass is 9.70. The van der Waals surface area contributed by atoms with E-state index in [1.54, 1.807) is 24.3 Å². The van der Waals surface area contributed by atoms with Crippen molar-refractivity contribution in [1.82, 2.24) is 0 Å². The van der Waals surface area contributed by atoms with Crippen molar-refractivity contribution in [2.75, 3.05) is 6.61 Å². The Morgan fingerprint density at radius 3 is 1.80 bits per heavy atom. The number of ether oxygens (including phenoxy) is 2. The van der Waals surface area contributed by atoms with E-state index in [2.05, 4.69) is 27.7 Å². The number of esters is 2. The van der Waals surface area contributed by atoms with Gasteiger partial charge in [0.1, 0.15) is 5.60 Å². The number of rotatable bonds is 7. The molecule has 0 saturated heterocycles. The minimum absolute atomic E-state index is 0.325. The van der Waals surface area contributed by atoms with Gasteiger partial charge in [0.05, 0.1) is 17.7 Å². The maximum atomic E-state index is 12.4. The predicted molar refractivity (Wildman–Crippen MR) is 121 cm³/mol. The van der Waals surface area contributed by atoms with E-state index in [-0.39, 0.29) is 11.9 Å². The monoisotopic (exact) mass is 416 g/mol. The van der Waals surface area contributed by atoms with E-state index in [1.165, 1.54) is 19.3 Å². The van der Waals surface area contributed by atoms with Crippen molar-refractivity contribution in [3.8, 4) is 0 Å². The van der Waals surface area contributed by atoms with Crippen LogP contribution in [0.25, 0.3) is 0 Å². The SMILES string of the molecule is CC(C)C(C)(C)CC1CCC(COC(=O)c2ccc(C(=O)OC(C)(C)C)cc2)CC1. The highest BCUT2D eigenvalue weighted by molar-refractivity contribution is 5.93. The average molecular weight is 417 g/mol. The van der Waals surface area contributed by atoms with Crippen LogP contribution in [-0.2, 0) is 9.47 Å². The van der Waals surface area contributed by atoms with Gasteiger partial charge in [-0.1, -0.05) is 40.5 Å². The van der Waals surface area contributed by atoms with Gasteiger partial charge in [-0.2, -0.15) is 0 Å². The van der Waals surface area contributed by atoms with E-state index < -0.39 is 5.60 Å². The molecule has 0 amide bonds. The molecule has 0 N–H and O–H groups in total. The zero-order chi connectivity index (χ0) is 22.5. The molecule has 0 heterocycles. The van der Waals surface area contributed by atoms with Gasteiger partial charge in [-0.15, -0.1) is 0 Å². The molecule has 1 saturated carbocycles. The van der Waals surface area contributed by atoms with Gasteiger partial charge in [0, 0.05) is 0 Å². The van der Waals surface area contributed by atoms with E-state index in [1.807, 2.05) is 20.8 Å². The van der Waals surface area contributed by atoms with Crippen LogP contribution in [0, 0.1) is 23.2 Å². The van der Waals surface area contributed by atoms with Crippen molar-refractivity contribution in [2.24, 2.45) is 23.2 Å². The third-order valence-electron chi connectivity index (χ3n) is 6.55. The van der Waals surface area contributed by atoms with Crippen molar-refractivity contribution in [3.63, 3.8) is 0 Å². The summed E-state index contributed by atoms with van der Waals surface area (Å²) in [4.78, 5) is 24.5. The standard InChI is InChI=1S/C26H40O4/c1-18(2)26(6,7)16-19-8-10-20(11-9-19)17-29-23(27)21-12-14-22(15-13-21)24(28)30-25(3,4)5/h12-15,18-20H,8-11,16-17H2,1-7H3. The van der Waals surface area contributed by atoms with Crippen LogP contribution in [0.15, 0.2) is 24.3 Å². The van der Waals surface area contributed by atoms with Crippen LogP contribution in [0.4, 0.5) is 0 Å². The summed E-state index contributed by atoms with van der Waals surface area (Å²) in [6.45, 7) is 15.3. The first-order valence-electron chi connectivity index (χ1n) is 11.4. The summed E-state index contributed by atoms with van der Waals surface area (Å²) in [5.74, 6) is 1.22. The molecule has 1 aliphatic rings. The molecular formula is C26H40O4. The molecule has 0 aliphatic heterocycles. The van der Waals surface area contributed by atoms with E-state index >= 15 is 0 Å². The summed E-state index contributed by atoms with van der Waals surface area (Å²) < 4.78 is 10.9. The first-order valence-corrected chi connectivity index (χ1v) is 11.4. The molecule has 0 aromatic heterocycles. The van der Waals surface area contributed by atoms with Crippen molar-refractivity contribution in [3.05, 3.63) is 35.4 Å². The summed E-state index contributed by atoms with van der Waals surface area (Å²) >= 11 is 0. The predicted octanol–water partition coefficient (Wildman–Crippen LogP) is 6.68. The molecule has 1 aromatic rings. The lowest BCUT2D eigenvalue weighted by Crippen LogP contribution is -2.27. The minimum atomic E-state index is -0.543. The normalized spacial score (nSPS) is 20.1. The highest BCUT2D eigenvalue weighted by Crippen LogP contribution is 2.40. The zero-order valence-electron chi connectivity index (χ0n) is 19.9. The first kappa shape index (κ1) is 24.4. The summed E-state index contributed by atoms with van der Waals surface area (Å²) in [5, 5.41) is 0. The van der Waals surface area contributed by atoms with Gasteiger partial charge in [-0.25, -0.2) is 9.59 Å². The Kier molecular flexibility index (Phi) is 8.13. The molecule has 0 bridgehead atoms. The van der Waals surface area contributed by atoms with Crippen molar-refractivity contribution in [1.29, 1.82) is 0 Å². The Balaban J connectivity index is 1.78. The molecule has 4 heteroatoms. The molecule has 0 unspecified atom stereocenters. The number of hydrogen-bond donors (Lipinski definition) is 0. The summed E-state index contributed by atoms with van der Waals surface area (Å²) in [6.07, 6.45) is 5.99. The zero-order valence-corrected chi connectivity index (χ0v) is 19.9. The van der Waals surface area contributed by atoms with Crippen LogP contribution < -0.4 is 0 Å². The summed E-state index contributed by atoms with van der Waals surface area (Å²) in [7, 11) is 0. The fraction of sp³-hybridized carbons (Fsp3) is 0.692. The van der Waals surface area contributed by atoms with Gasteiger partial charge in [-0.05, 0) is 87.5 Å². The molecule has 0 spiro atoms. The van der Waals surface area contributed by atoms with E-state index in [9.17, 15) is 9.59 Å². The highest BCUT2D eigenvalue weighted by Gasteiger charge is 2.30. The smallest absolute Gasteiger partial charge is 0.338 e. The quantitative estimate of drug-likeness (QED) is 0.465. The van der Waals surface area contributed by atoms with Crippen LogP contribution in [0.5, 0.6) is 0 Å². The van der Waals surface area contributed by atoms with Crippen LogP contribution in [-0.4, -0.2) is 24.1 Å². The molecule has 4 nitrogen and oxygen atoms in total. The second-order valence-electron chi connectivity index (χ2n) is 10.9. The second kappa shape index (κ2) is 9.98. The largest absolute Gasteiger partial charge is 0.462 e. The summed E-state index contributed by atoms with van der Waals surface area (Å²) in [5.41, 5.74) is 0.743. The number of benzene rings is 1. The maximum absolute atomic E-state index is 12.4. The molecule has 1 aromatic carbocycles. The Morgan fingerprint density at radius 2 is 1.33 bits per heavy atom. The van der Waals surface area contributed by atoms with E-state index in [4.69, 9.17) is 9.47 Å². The maximum Gasteiger partial charge on any atom is 0.338 e. The van der Waals surface area contributed by atoms with Gasteiger partial charge in [0.25, 0.3) is 0 Å². The molecule has 168 valence electrons. The molecule has 2 rings (SSSR count). The molecule has 0 radical (unpaired) electrons. The summed E-state index contributed by atoms with van der Waals surface area (Å²) in [6, 6.07) is 6.50.